The summed E-state index contributed by atoms with van der Waals surface area (Å²) in [7, 11) is 2.00. The first-order valence-electron chi connectivity index (χ1n) is 4.69. The third-order valence-electron chi connectivity index (χ3n) is 2.01. The van der Waals surface area contributed by atoms with Crippen LogP contribution in [-0.2, 0) is 6.54 Å². The fraction of sp³-hybridized carbons (Fsp3) is 0.333. The average molecular weight is 210 g/mol. The number of benzene rings is 1. The Morgan fingerprint density at radius 1 is 1.21 bits per heavy atom. The lowest BCUT2D eigenvalue weighted by atomic mass is 10.2. The molecule has 0 spiro atoms. The topological polar surface area (TPSA) is 3.24 Å². The van der Waals surface area contributed by atoms with Gasteiger partial charge < -0.3 is 4.90 Å². The van der Waals surface area contributed by atoms with Gasteiger partial charge in [0, 0.05) is 13.6 Å². The van der Waals surface area contributed by atoms with Gasteiger partial charge in [-0.25, -0.2) is 0 Å². The second-order valence-electron chi connectivity index (χ2n) is 3.63. The SMILES string of the molecule is CC(C)=C(Cl)N(C)Cc1ccccc1. The molecule has 0 saturated carbocycles. The maximum Gasteiger partial charge on any atom is 0.103 e. The zero-order chi connectivity index (χ0) is 10.6. The average Bonchev–Trinajstić information content (AvgIpc) is 2.18. The van der Waals surface area contributed by atoms with Crippen molar-refractivity contribution in [3.63, 3.8) is 0 Å². The lowest BCUT2D eigenvalue weighted by molar-refractivity contribution is 0.433. The van der Waals surface area contributed by atoms with E-state index >= 15 is 0 Å². The van der Waals surface area contributed by atoms with E-state index in [0.29, 0.717) is 0 Å². The second kappa shape index (κ2) is 5.06. The number of hydrogen-bond donors (Lipinski definition) is 0. The maximum absolute atomic E-state index is 6.12. The fourth-order valence-corrected chi connectivity index (χ4v) is 1.37. The van der Waals surface area contributed by atoms with Crippen LogP contribution in [0.3, 0.4) is 0 Å². The molecule has 0 radical (unpaired) electrons. The smallest absolute Gasteiger partial charge is 0.103 e. The lowest BCUT2D eigenvalue weighted by Gasteiger charge is -2.19. The summed E-state index contributed by atoms with van der Waals surface area (Å²) < 4.78 is 0. The van der Waals surface area contributed by atoms with Gasteiger partial charge in [-0.15, -0.1) is 0 Å². The largest absolute Gasteiger partial charge is 0.361 e. The minimum absolute atomic E-state index is 0.828. The molecular weight excluding hydrogens is 194 g/mol. The van der Waals surface area contributed by atoms with Crippen LogP contribution in [0, 0.1) is 0 Å². The minimum Gasteiger partial charge on any atom is -0.361 e. The summed E-state index contributed by atoms with van der Waals surface area (Å²) >= 11 is 6.12. The molecule has 0 heterocycles. The highest BCUT2D eigenvalue weighted by Gasteiger charge is 2.03. The second-order valence-corrected chi connectivity index (χ2v) is 3.99. The van der Waals surface area contributed by atoms with Crippen LogP contribution in [0.15, 0.2) is 41.1 Å². The lowest BCUT2D eigenvalue weighted by Crippen LogP contribution is -2.14. The van der Waals surface area contributed by atoms with E-state index in [4.69, 9.17) is 11.6 Å². The van der Waals surface area contributed by atoms with Gasteiger partial charge in [-0.05, 0) is 25.0 Å². The van der Waals surface area contributed by atoms with Gasteiger partial charge in [-0.1, -0.05) is 41.9 Å². The summed E-state index contributed by atoms with van der Waals surface area (Å²) in [4.78, 5) is 2.05. The van der Waals surface area contributed by atoms with Gasteiger partial charge >= 0.3 is 0 Å². The molecule has 0 aliphatic carbocycles. The zero-order valence-electron chi connectivity index (χ0n) is 8.92. The Morgan fingerprint density at radius 2 is 1.79 bits per heavy atom. The van der Waals surface area contributed by atoms with E-state index in [1.54, 1.807) is 0 Å². The van der Waals surface area contributed by atoms with Crippen molar-refractivity contribution in [3.05, 3.63) is 46.6 Å². The van der Waals surface area contributed by atoms with Gasteiger partial charge in [0.25, 0.3) is 0 Å². The molecule has 2 heteroatoms. The normalized spacial score (nSPS) is 9.71. The van der Waals surface area contributed by atoms with Gasteiger partial charge in [0.15, 0.2) is 0 Å². The molecule has 0 N–H and O–H groups in total. The van der Waals surface area contributed by atoms with E-state index in [1.807, 2.05) is 44.0 Å². The van der Waals surface area contributed by atoms with E-state index in [9.17, 15) is 0 Å². The van der Waals surface area contributed by atoms with Crippen molar-refractivity contribution in [2.24, 2.45) is 0 Å². The van der Waals surface area contributed by atoms with Crippen LogP contribution >= 0.6 is 11.6 Å². The third-order valence-corrected chi connectivity index (χ3v) is 2.68. The van der Waals surface area contributed by atoms with Gasteiger partial charge in [0.1, 0.15) is 5.16 Å². The Balaban J connectivity index is 2.67. The highest BCUT2D eigenvalue weighted by molar-refractivity contribution is 6.29. The predicted molar refractivity (Wildman–Crippen MR) is 62.1 cm³/mol. The van der Waals surface area contributed by atoms with Crippen LogP contribution in [0.2, 0.25) is 0 Å². The number of rotatable bonds is 3. The van der Waals surface area contributed by atoms with Crippen molar-refractivity contribution in [1.29, 1.82) is 0 Å². The standard InChI is InChI=1S/C12H16ClN/c1-10(2)12(13)14(3)9-11-7-5-4-6-8-11/h4-8H,9H2,1-3H3. The first kappa shape index (κ1) is 11.1. The summed E-state index contributed by atoms with van der Waals surface area (Å²) in [5, 5.41) is 0.828. The molecule has 0 saturated heterocycles. The summed E-state index contributed by atoms with van der Waals surface area (Å²) in [5.74, 6) is 0. The van der Waals surface area contributed by atoms with Gasteiger partial charge in [-0.3, -0.25) is 0 Å². The molecule has 0 aliphatic heterocycles. The van der Waals surface area contributed by atoms with Crippen LogP contribution in [0.1, 0.15) is 19.4 Å². The monoisotopic (exact) mass is 209 g/mol. The van der Waals surface area contributed by atoms with Crippen LogP contribution in [0.5, 0.6) is 0 Å². The van der Waals surface area contributed by atoms with Gasteiger partial charge in [-0.2, -0.15) is 0 Å². The zero-order valence-corrected chi connectivity index (χ0v) is 9.67. The quantitative estimate of drug-likeness (QED) is 0.688. The Labute approximate surface area is 91.0 Å². The van der Waals surface area contributed by atoms with E-state index in [-0.39, 0.29) is 0 Å². The predicted octanol–water partition coefficient (Wildman–Crippen LogP) is 3.61. The number of hydrogen-bond acceptors (Lipinski definition) is 1. The highest BCUT2D eigenvalue weighted by atomic mass is 35.5. The molecule has 1 aromatic carbocycles. The molecule has 0 aliphatic rings. The van der Waals surface area contributed by atoms with Gasteiger partial charge in [0.2, 0.25) is 0 Å². The van der Waals surface area contributed by atoms with Crippen LogP contribution in [0.4, 0.5) is 0 Å². The number of nitrogens with zero attached hydrogens (tertiary/aromatic N) is 1. The Kier molecular flexibility index (Phi) is 4.02. The summed E-state index contributed by atoms with van der Waals surface area (Å²) in [6.45, 7) is 4.89. The molecular formula is C12H16ClN. The number of allylic oxidation sites excluding steroid dienone is 1. The first-order valence-corrected chi connectivity index (χ1v) is 5.07. The van der Waals surface area contributed by atoms with E-state index in [0.717, 1.165) is 17.3 Å². The molecule has 0 aromatic heterocycles. The first-order chi connectivity index (χ1) is 6.61. The molecule has 0 amide bonds. The molecule has 1 aromatic rings. The van der Waals surface area contributed by atoms with Crippen molar-refractivity contribution >= 4 is 11.6 Å². The summed E-state index contributed by atoms with van der Waals surface area (Å²) in [6, 6.07) is 10.3. The van der Waals surface area contributed by atoms with E-state index in [1.165, 1.54) is 5.56 Å². The Bertz CT molecular complexity index is 312. The molecule has 0 bridgehead atoms. The summed E-state index contributed by atoms with van der Waals surface area (Å²) in [5.41, 5.74) is 2.42. The van der Waals surface area contributed by atoms with Crippen molar-refractivity contribution in [1.82, 2.24) is 4.90 Å². The Hall–Kier alpha value is -0.950. The third kappa shape index (κ3) is 3.08. The van der Waals surface area contributed by atoms with Gasteiger partial charge in [0.05, 0.1) is 0 Å². The van der Waals surface area contributed by atoms with Crippen LogP contribution in [0.25, 0.3) is 0 Å². The van der Waals surface area contributed by atoms with Crippen LogP contribution < -0.4 is 0 Å². The van der Waals surface area contributed by atoms with Crippen molar-refractivity contribution in [2.45, 2.75) is 20.4 Å². The van der Waals surface area contributed by atoms with Crippen molar-refractivity contribution in [3.8, 4) is 0 Å². The molecule has 1 rings (SSSR count). The summed E-state index contributed by atoms with van der Waals surface area (Å²) in [6.07, 6.45) is 0. The van der Waals surface area contributed by atoms with E-state index < -0.39 is 0 Å². The maximum atomic E-state index is 6.12. The van der Waals surface area contributed by atoms with Crippen molar-refractivity contribution < 1.29 is 0 Å². The minimum atomic E-state index is 0.828. The molecule has 0 unspecified atom stereocenters. The molecule has 14 heavy (non-hydrogen) atoms. The van der Waals surface area contributed by atoms with Crippen LogP contribution in [-0.4, -0.2) is 11.9 Å². The molecule has 76 valence electrons. The highest BCUT2D eigenvalue weighted by Crippen LogP contribution is 2.15. The Morgan fingerprint density at radius 3 is 2.29 bits per heavy atom. The van der Waals surface area contributed by atoms with Crippen molar-refractivity contribution in [2.75, 3.05) is 7.05 Å². The fourth-order valence-electron chi connectivity index (χ4n) is 1.31. The van der Waals surface area contributed by atoms with E-state index in [2.05, 4.69) is 12.1 Å². The molecule has 1 nitrogen and oxygen atoms in total. The number of halogens is 1. The molecule has 0 fully saturated rings. The molecule has 0 atom stereocenters.